The molecular weight excluding hydrogens is 248 g/mol. The number of benzene rings is 1. The molecule has 6 heteroatoms. The summed E-state index contributed by atoms with van der Waals surface area (Å²) in [7, 11) is 0. The Hall–Kier alpha value is -1.79. The number of amides is 1. The number of nitrogens with zero attached hydrogens (tertiary/aromatic N) is 1. The third-order valence-corrected chi connectivity index (χ3v) is 2.57. The van der Waals surface area contributed by atoms with E-state index in [0.717, 1.165) is 5.56 Å². The molecule has 0 heterocycles. The summed E-state index contributed by atoms with van der Waals surface area (Å²) in [5, 5.41) is 31.6. The molecule has 0 aliphatic rings. The third kappa shape index (κ3) is 5.15. The average Bonchev–Trinajstić information content (AvgIpc) is 2.30. The first-order valence-corrected chi connectivity index (χ1v) is 6.14. The lowest BCUT2D eigenvalue weighted by Crippen LogP contribution is -2.26. The predicted octanol–water partition coefficient (Wildman–Crippen LogP) is 1.05. The van der Waals surface area contributed by atoms with Gasteiger partial charge in [-0.05, 0) is 24.0 Å². The Morgan fingerprint density at radius 3 is 2.68 bits per heavy atom. The SMILES string of the molecule is CC(C)CC(=O)NCCc1ccc([O-])c(N(O)O)c1. The fourth-order valence-electron chi connectivity index (χ4n) is 1.66. The number of carbonyl (C=O) groups excluding carboxylic acids is 1. The van der Waals surface area contributed by atoms with Crippen molar-refractivity contribution in [2.24, 2.45) is 5.92 Å². The van der Waals surface area contributed by atoms with Crippen LogP contribution in [0.1, 0.15) is 25.8 Å². The molecule has 6 nitrogen and oxygen atoms in total. The molecule has 0 spiro atoms. The summed E-state index contributed by atoms with van der Waals surface area (Å²) in [6, 6.07) is 4.25. The van der Waals surface area contributed by atoms with E-state index in [0.29, 0.717) is 25.3 Å². The fraction of sp³-hybridized carbons (Fsp3) is 0.462. The molecule has 1 rings (SSSR count). The Morgan fingerprint density at radius 2 is 2.11 bits per heavy atom. The highest BCUT2D eigenvalue weighted by atomic mass is 16.8. The molecular formula is C13H19N2O4-. The molecule has 0 radical (unpaired) electrons. The standard InChI is InChI=1S/C13H20N2O4/c1-9(2)7-13(17)14-6-5-10-3-4-12(16)11(8-10)15(18)19/h3-4,8-9,16,18-19H,5-7H2,1-2H3,(H,14,17)/p-1. The molecule has 0 aromatic heterocycles. The van der Waals surface area contributed by atoms with E-state index in [1.165, 1.54) is 12.1 Å². The molecule has 106 valence electrons. The normalized spacial score (nSPS) is 10.6. The van der Waals surface area contributed by atoms with Gasteiger partial charge < -0.3 is 10.4 Å². The van der Waals surface area contributed by atoms with Crippen molar-refractivity contribution in [3.8, 4) is 5.75 Å². The largest absolute Gasteiger partial charge is 0.871 e. The summed E-state index contributed by atoms with van der Waals surface area (Å²) in [6.07, 6.45) is 0.997. The quantitative estimate of drug-likeness (QED) is 0.669. The van der Waals surface area contributed by atoms with Crippen LogP contribution >= 0.6 is 0 Å². The Bertz CT molecular complexity index is 433. The maximum atomic E-state index is 11.4. The Kier molecular flexibility index (Phi) is 5.59. The number of hydrogen-bond acceptors (Lipinski definition) is 5. The maximum Gasteiger partial charge on any atom is 0.220 e. The zero-order valence-corrected chi connectivity index (χ0v) is 11.1. The summed E-state index contributed by atoms with van der Waals surface area (Å²) in [5.74, 6) is -0.178. The van der Waals surface area contributed by atoms with Gasteiger partial charge >= 0.3 is 0 Å². The van der Waals surface area contributed by atoms with Gasteiger partial charge in [0.05, 0.1) is 5.69 Å². The molecule has 0 fully saturated rings. The molecule has 0 unspecified atom stereocenters. The first-order chi connectivity index (χ1) is 8.90. The monoisotopic (exact) mass is 267 g/mol. The number of anilines is 1. The van der Waals surface area contributed by atoms with E-state index >= 15 is 0 Å². The van der Waals surface area contributed by atoms with Crippen molar-refractivity contribution in [2.45, 2.75) is 26.7 Å². The first-order valence-electron chi connectivity index (χ1n) is 6.14. The second kappa shape index (κ2) is 6.96. The van der Waals surface area contributed by atoms with E-state index in [1.807, 2.05) is 13.8 Å². The number of carbonyl (C=O) groups is 1. The van der Waals surface area contributed by atoms with Gasteiger partial charge in [-0.25, -0.2) is 0 Å². The van der Waals surface area contributed by atoms with Gasteiger partial charge in [0.15, 0.2) is 0 Å². The molecule has 0 bridgehead atoms. The minimum atomic E-state index is -0.474. The van der Waals surface area contributed by atoms with Gasteiger partial charge in [-0.3, -0.25) is 15.2 Å². The summed E-state index contributed by atoms with van der Waals surface area (Å²) in [4.78, 5) is 11.4. The predicted molar refractivity (Wildman–Crippen MR) is 68.1 cm³/mol. The van der Waals surface area contributed by atoms with Crippen LogP contribution in [0.15, 0.2) is 18.2 Å². The fourth-order valence-corrected chi connectivity index (χ4v) is 1.66. The molecule has 0 aliphatic carbocycles. The molecule has 1 amide bonds. The lowest BCUT2D eigenvalue weighted by molar-refractivity contribution is -0.268. The van der Waals surface area contributed by atoms with Crippen LogP contribution in [0.5, 0.6) is 5.75 Å². The molecule has 0 saturated heterocycles. The smallest absolute Gasteiger partial charge is 0.220 e. The van der Waals surface area contributed by atoms with E-state index in [4.69, 9.17) is 10.4 Å². The minimum absolute atomic E-state index is 0.0124. The number of rotatable bonds is 6. The summed E-state index contributed by atoms with van der Waals surface area (Å²) in [5.41, 5.74) is 0.540. The Labute approximate surface area is 112 Å². The lowest BCUT2D eigenvalue weighted by atomic mass is 10.1. The minimum Gasteiger partial charge on any atom is -0.871 e. The van der Waals surface area contributed by atoms with E-state index in [-0.39, 0.29) is 16.8 Å². The van der Waals surface area contributed by atoms with Crippen LogP contribution in [0.3, 0.4) is 0 Å². The van der Waals surface area contributed by atoms with E-state index in [9.17, 15) is 9.90 Å². The molecule has 0 aliphatic heterocycles. The van der Waals surface area contributed by atoms with E-state index in [2.05, 4.69) is 5.32 Å². The highest BCUT2D eigenvalue weighted by molar-refractivity contribution is 5.76. The van der Waals surface area contributed by atoms with Crippen molar-refractivity contribution in [1.29, 1.82) is 0 Å². The zero-order chi connectivity index (χ0) is 14.4. The zero-order valence-electron chi connectivity index (χ0n) is 11.1. The second-order valence-corrected chi connectivity index (χ2v) is 4.79. The average molecular weight is 267 g/mol. The van der Waals surface area contributed by atoms with Crippen LogP contribution in [0, 0.1) is 5.92 Å². The number of hydrogen-bond donors (Lipinski definition) is 3. The van der Waals surface area contributed by atoms with E-state index < -0.39 is 5.75 Å². The van der Waals surface area contributed by atoms with Gasteiger partial charge in [0, 0.05) is 13.0 Å². The topological polar surface area (TPSA) is 95.9 Å². The molecule has 3 N–H and O–H groups in total. The van der Waals surface area contributed by atoms with Gasteiger partial charge in [-0.15, -0.1) is 5.23 Å². The van der Waals surface area contributed by atoms with Crippen molar-refractivity contribution < 1.29 is 20.3 Å². The van der Waals surface area contributed by atoms with Crippen molar-refractivity contribution in [3.05, 3.63) is 23.8 Å². The van der Waals surface area contributed by atoms with Crippen LogP contribution in [0.2, 0.25) is 0 Å². The van der Waals surface area contributed by atoms with Gasteiger partial charge in [0.25, 0.3) is 0 Å². The van der Waals surface area contributed by atoms with Gasteiger partial charge in [-0.2, -0.15) is 0 Å². The van der Waals surface area contributed by atoms with Crippen LogP contribution in [-0.2, 0) is 11.2 Å². The van der Waals surface area contributed by atoms with E-state index in [1.54, 1.807) is 6.07 Å². The highest BCUT2D eigenvalue weighted by Crippen LogP contribution is 2.23. The summed E-state index contributed by atoms with van der Waals surface area (Å²) < 4.78 is 0. The van der Waals surface area contributed by atoms with Crippen LogP contribution in [-0.4, -0.2) is 22.9 Å². The molecule has 1 aromatic carbocycles. The molecule has 19 heavy (non-hydrogen) atoms. The Balaban J connectivity index is 2.50. The van der Waals surface area contributed by atoms with Crippen LogP contribution < -0.4 is 15.6 Å². The first kappa shape index (κ1) is 15.3. The van der Waals surface area contributed by atoms with Gasteiger partial charge in [-0.1, -0.05) is 31.7 Å². The van der Waals surface area contributed by atoms with Crippen molar-refractivity contribution in [3.63, 3.8) is 0 Å². The van der Waals surface area contributed by atoms with Crippen molar-refractivity contribution in [2.75, 3.05) is 11.8 Å². The highest BCUT2D eigenvalue weighted by Gasteiger charge is 2.05. The second-order valence-electron chi connectivity index (χ2n) is 4.79. The Morgan fingerprint density at radius 1 is 1.42 bits per heavy atom. The summed E-state index contributed by atoms with van der Waals surface area (Å²) >= 11 is 0. The lowest BCUT2D eigenvalue weighted by Gasteiger charge is -2.18. The number of nitrogens with one attached hydrogen (secondary N) is 1. The van der Waals surface area contributed by atoms with Crippen molar-refractivity contribution in [1.82, 2.24) is 5.32 Å². The van der Waals surface area contributed by atoms with Crippen molar-refractivity contribution >= 4 is 11.6 Å². The molecule has 0 atom stereocenters. The maximum absolute atomic E-state index is 11.4. The third-order valence-electron chi connectivity index (χ3n) is 2.57. The van der Waals surface area contributed by atoms with Gasteiger partial charge in [0.2, 0.25) is 5.91 Å². The summed E-state index contributed by atoms with van der Waals surface area (Å²) in [6.45, 7) is 4.38. The van der Waals surface area contributed by atoms with Crippen LogP contribution in [0.25, 0.3) is 0 Å². The molecule has 1 aromatic rings. The van der Waals surface area contributed by atoms with Gasteiger partial charge in [0.1, 0.15) is 0 Å². The molecule has 0 saturated carbocycles. The van der Waals surface area contributed by atoms with Crippen LogP contribution in [0.4, 0.5) is 5.69 Å².